The van der Waals surface area contributed by atoms with Crippen molar-refractivity contribution >= 4 is 27.7 Å². The third kappa shape index (κ3) is 3.51. The van der Waals surface area contributed by atoms with Gasteiger partial charge in [-0.05, 0) is 35.9 Å². The van der Waals surface area contributed by atoms with Gasteiger partial charge in [-0.3, -0.25) is 0 Å². The van der Waals surface area contributed by atoms with Crippen LogP contribution >= 0.6 is 27.7 Å². The first kappa shape index (κ1) is 14.3. The normalized spacial score (nSPS) is 10.8. The summed E-state index contributed by atoms with van der Waals surface area (Å²) in [5, 5.41) is 8.39. The minimum atomic E-state index is -0.242. The number of nitrogens with zero attached hydrogens (tertiary/aromatic N) is 2. The zero-order valence-electron chi connectivity index (χ0n) is 10.8. The van der Waals surface area contributed by atoms with E-state index in [0.29, 0.717) is 22.4 Å². The smallest absolute Gasteiger partial charge is 0.277 e. The first-order valence-corrected chi connectivity index (χ1v) is 7.96. The van der Waals surface area contributed by atoms with Crippen molar-refractivity contribution < 1.29 is 8.81 Å². The van der Waals surface area contributed by atoms with Crippen molar-refractivity contribution in [2.75, 3.05) is 0 Å². The van der Waals surface area contributed by atoms with Crippen LogP contribution < -0.4 is 0 Å². The second-order valence-corrected chi connectivity index (χ2v) is 6.11. The lowest BCUT2D eigenvalue weighted by molar-refractivity contribution is 0.465. The molecule has 3 rings (SSSR count). The van der Waals surface area contributed by atoms with Gasteiger partial charge < -0.3 is 4.42 Å². The molecule has 1 heterocycles. The van der Waals surface area contributed by atoms with Crippen LogP contribution in [0, 0.1) is 5.82 Å². The van der Waals surface area contributed by atoms with Gasteiger partial charge in [0.1, 0.15) is 5.82 Å². The van der Waals surface area contributed by atoms with Crippen molar-refractivity contribution in [1.82, 2.24) is 10.2 Å². The summed E-state index contributed by atoms with van der Waals surface area (Å²) in [5.41, 5.74) is 1.46. The Bertz CT molecular complexity index is 748. The molecule has 106 valence electrons. The van der Waals surface area contributed by atoms with E-state index >= 15 is 0 Å². The molecule has 21 heavy (non-hydrogen) atoms. The molecule has 0 saturated heterocycles. The molecule has 0 fully saturated rings. The summed E-state index contributed by atoms with van der Waals surface area (Å²) in [6.07, 6.45) is 0. The lowest BCUT2D eigenvalue weighted by Crippen LogP contribution is -1.87. The maximum atomic E-state index is 13.6. The van der Waals surface area contributed by atoms with Crippen LogP contribution in [0.3, 0.4) is 0 Å². The van der Waals surface area contributed by atoms with E-state index in [1.54, 1.807) is 12.1 Å². The Kier molecular flexibility index (Phi) is 4.36. The first-order chi connectivity index (χ1) is 10.2. The summed E-state index contributed by atoms with van der Waals surface area (Å²) >= 11 is 4.64. The highest BCUT2D eigenvalue weighted by molar-refractivity contribution is 9.10. The zero-order chi connectivity index (χ0) is 14.7. The summed E-state index contributed by atoms with van der Waals surface area (Å²) in [6, 6.07) is 14.4. The van der Waals surface area contributed by atoms with Gasteiger partial charge in [0.05, 0.1) is 0 Å². The summed E-state index contributed by atoms with van der Waals surface area (Å²) in [6.45, 7) is 0. The van der Waals surface area contributed by atoms with E-state index in [1.807, 2.05) is 30.3 Å². The van der Waals surface area contributed by atoms with Gasteiger partial charge in [0.15, 0.2) is 0 Å². The molecule has 0 amide bonds. The largest absolute Gasteiger partial charge is 0.411 e. The molecule has 0 bridgehead atoms. The molecule has 0 unspecified atom stereocenters. The van der Waals surface area contributed by atoms with Crippen LogP contribution in [0.5, 0.6) is 0 Å². The van der Waals surface area contributed by atoms with Crippen LogP contribution in [0.4, 0.5) is 4.39 Å². The van der Waals surface area contributed by atoms with E-state index in [4.69, 9.17) is 4.42 Å². The van der Waals surface area contributed by atoms with Gasteiger partial charge >= 0.3 is 0 Å². The maximum Gasteiger partial charge on any atom is 0.277 e. The Labute approximate surface area is 133 Å². The van der Waals surface area contributed by atoms with Gasteiger partial charge in [0.2, 0.25) is 5.89 Å². The van der Waals surface area contributed by atoms with Crippen LogP contribution in [-0.2, 0) is 5.75 Å². The minimum absolute atomic E-state index is 0.242. The maximum absolute atomic E-state index is 13.6. The van der Waals surface area contributed by atoms with Crippen molar-refractivity contribution in [2.45, 2.75) is 11.0 Å². The number of rotatable bonds is 4. The average molecular weight is 365 g/mol. The fraction of sp³-hybridized carbons (Fsp3) is 0.0667. The Morgan fingerprint density at radius 1 is 1.10 bits per heavy atom. The third-order valence-electron chi connectivity index (χ3n) is 2.79. The fourth-order valence-electron chi connectivity index (χ4n) is 1.76. The fourth-order valence-corrected chi connectivity index (χ4v) is 2.90. The second kappa shape index (κ2) is 6.41. The minimum Gasteiger partial charge on any atom is -0.411 e. The van der Waals surface area contributed by atoms with Crippen LogP contribution in [0.2, 0.25) is 0 Å². The van der Waals surface area contributed by atoms with Crippen molar-refractivity contribution in [3.8, 4) is 11.5 Å². The quantitative estimate of drug-likeness (QED) is 0.615. The molecule has 6 heteroatoms. The summed E-state index contributed by atoms with van der Waals surface area (Å²) in [4.78, 5) is 0. The molecular formula is C15H10BrFN2OS. The standard InChI is InChI=1S/C15H10BrFN2OS/c16-12-6-7-13(17)11(8-12)9-21-15-19-18-14(20-15)10-4-2-1-3-5-10/h1-8H,9H2. The van der Waals surface area contributed by atoms with Crippen LogP contribution in [0.15, 0.2) is 62.6 Å². The Morgan fingerprint density at radius 3 is 2.71 bits per heavy atom. The number of benzene rings is 2. The Balaban J connectivity index is 1.72. The molecule has 2 aromatic carbocycles. The van der Waals surface area contributed by atoms with Gasteiger partial charge in [-0.2, -0.15) is 0 Å². The van der Waals surface area contributed by atoms with Crippen LogP contribution in [-0.4, -0.2) is 10.2 Å². The van der Waals surface area contributed by atoms with E-state index in [-0.39, 0.29) is 5.82 Å². The van der Waals surface area contributed by atoms with Gasteiger partial charge in [-0.25, -0.2) is 4.39 Å². The zero-order valence-corrected chi connectivity index (χ0v) is 13.2. The average Bonchev–Trinajstić information content (AvgIpc) is 2.98. The van der Waals surface area contributed by atoms with Gasteiger partial charge in [0.25, 0.3) is 5.22 Å². The molecule has 0 aliphatic heterocycles. The third-order valence-corrected chi connectivity index (χ3v) is 4.15. The van der Waals surface area contributed by atoms with Gasteiger partial charge in [-0.1, -0.05) is 45.9 Å². The van der Waals surface area contributed by atoms with E-state index in [9.17, 15) is 4.39 Å². The highest BCUT2D eigenvalue weighted by Crippen LogP contribution is 2.27. The molecule has 0 aliphatic rings. The molecule has 0 aliphatic carbocycles. The number of thioether (sulfide) groups is 1. The molecule has 0 N–H and O–H groups in total. The lowest BCUT2D eigenvalue weighted by Gasteiger charge is -2.01. The Morgan fingerprint density at radius 2 is 1.90 bits per heavy atom. The Hall–Kier alpha value is -1.66. The van der Waals surface area contributed by atoms with E-state index in [0.717, 1.165) is 10.0 Å². The number of hydrogen-bond acceptors (Lipinski definition) is 4. The molecule has 0 spiro atoms. The summed E-state index contributed by atoms with van der Waals surface area (Å²) < 4.78 is 20.1. The molecule has 3 aromatic rings. The molecular weight excluding hydrogens is 355 g/mol. The highest BCUT2D eigenvalue weighted by atomic mass is 79.9. The van der Waals surface area contributed by atoms with E-state index in [2.05, 4.69) is 26.1 Å². The SMILES string of the molecule is Fc1ccc(Br)cc1CSc1nnc(-c2ccccc2)o1. The van der Waals surface area contributed by atoms with Crippen molar-refractivity contribution in [3.05, 3.63) is 64.4 Å². The predicted octanol–water partition coefficient (Wildman–Crippen LogP) is 4.93. The monoisotopic (exact) mass is 364 g/mol. The molecule has 3 nitrogen and oxygen atoms in total. The second-order valence-electron chi connectivity index (χ2n) is 4.26. The van der Waals surface area contributed by atoms with Crippen molar-refractivity contribution in [1.29, 1.82) is 0 Å². The number of halogens is 2. The lowest BCUT2D eigenvalue weighted by atomic mass is 10.2. The highest BCUT2D eigenvalue weighted by Gasteiger charge is 2.10. The summed E-state index contributed by atoms with van der Waals surface area (Å²) in [5.74, 6) is 0.656. The van der Waals surface area contributed by atoms with E-state index < -0.39 is 0 Å². The van der Waals surface area contributed by atoms with Crippen LogP contribution in [0.1, 0.15) is 5.56 Å². The number of hydrogen-bond donors (Lipinski definition) is 0. The van der Waals surface area contributed by atoms with Crippen LogP contribution in [0.25, 0.3) is 11.5 Å². The van der Waals surface area contributed by atoms with E-state index in [1.165, 1.54) is 17.8 Å². The predicted molar refractivity (Wildman–Crippen MR) is 83.4 cm³/mol. The summed E-state index contributed by atoms with van der Waals surface area (Å²) in [7, 11) is 0. The molecule has 0 radical (unpaired) electrons. The van der Waals surface area contributed by atoms with Crippen molar-refractivity contribution in [2.24, 2.45) is 0 Å². The molecule has 1 aromatic heterocycles. The van der Waals surface area contributed by atoms with Gasteiger partial charge in [0, 0.05) is 15.8 Å². The molecule has 0 saturated carbocycles. The first-order valence-electron chi connectivity index (χ1n) is 6.18. The number of aromatic nitrogens is 2. The topological polar surface area (TPSA) is 38.9 Å². The van der Waals surface area contributed by atoms with Gasteiger partial charge in [-0.15, -0.1) is 10.2 Å². The van der Waals surface area contributed by atoms with Crippen molar-refractivity contribution in [3.63, 3.8) is 0 Å². The molecule has 0 atom stereocenters.